The third-order valence-corrected chi connectivity index (χ3v) is 4.42. The zero-order valence-corrected chi connectivity index (χ0v) is 16.5. The van der Waals surface area contributed by atoms with Crippen LogP contribution in [0.3, 0.4) is 0 Å². The summed E-state index contributed by atoms with van der Waals surface area (Å²) in [6.07, 6.45) is 0.809. The number of hydrogen-bond acceptors (Lipinski definition) is 6. The van der Waals surface area contributed by atoms with Crippen molar-refractivity contribution >= 4 is 22.8 Å². The lowest BCUT2D eigenvalue weighted by atomic mass is 10.1. The maximum Gasteiger partial charge on any atom is 0.234 e. The summed E-state index contributed by atoms with van der Waals surface area (Å²) in [6, 6.07) is 11.4. The molecule has 3 rings (SSSR count). The molecule has 29 heavy (non-hydrogen) atoms. The first-order chi connectivity index (χ1) is 14.0. The molecule has 0 radical (unpaired) electrons. The minimum absolute atomic E-state index is 0.0637. The van der Waals surface area contributed by atoms with Crippen molar-refractivity contribution in [3.05, 3.63) is 47.8 Å². The van der Waals surface area contributed by atoms with Crippen LogP contribution < -0.4 is 5.73 Å². The van der Waals surface area contributed by atoms with Crippen LogP contribution >= 0.6 is 0 Å². The van der Waals surface area contributed by atoms with Crippen molar-refractivity contribution in [3.8, 4) is 23.1 Å². The highest BCUT2D eigenvalue weighted by atomic mass is 16.3. The molecule has 7 heteroatoms. The number of fused-ring (bicyclic) bond motifs is 1. The van der Waals surface area contributed by atoms with E-state index in [0.29, 0.717) is 30.1 Å². The van der Waals surface area contributed by atoms with Crippen LogP contribution in [0, 0.1) is 11.8 Å². The topological polar surface area (TPSA) is 105 Å². The number of anilines is 1. The Morgan fingerprint density at radius 2 is 2.03 bits per heavy atom. The van der Waals surface area contributed by atoms with E-state index in [1.807, 2.05) is 43.3 Å². The van der Waals surface area contributed by atoms with Gasteiger partial charge in [0.25, 0.3) is 0 Å². The number of nitrogens with two attached hydrogens (primary N) is 1. The maximum absolute atomic E-state index is 11.9. The number of aryl methyl sites for hydroxylation is 1. The average Bonchev–Trinajstić information content (AvgIpc) is 2.73. The van der Waals surface area contributed by atoms with Crippen LogP contribution in [0.2, 0.25) is 0 Å². The molecular weight excluding hydrogens is 366 g/mol. The van der Waals surface area contributed by atoms with Gasteiger partial charge in [-0.2, -0.15) is 0 Å². The summed E-state index contributed by atoms with van der Waals surface area (Å²) in [7, 11) is 1.64. The molecule has 0 unspecified atom stereocenters. The first-order valence-electron chi connectivity index (χ1n) is 9.39. The van der Waals surface area contributed by atoms with Gasteiger partial charge in [0.2, 0.25) is 5.91 Å². The Kier molecular flexibility index (Phi) is 6.37. The number of nitrogens with zero attached hydrogens (tertiary/aromatic N) is 4. The van der Waals surface area contributed by atoms with Crippen LogP contribution in [0.25, 0.3) is 22.3 Å². The first-order valence-corrected chi connectivity index (χ1v) is 9.39. The molecule has 0 aliphatic carbocycles. The van der Waals surface area contributed by atoms with Gasteiger partial charge < -0.3 is 15.7 Å². The number of pyridine rings is 1. The summed E-state index contributed by atoms with van der Waals surface area (Å²) in [4.78, 5) is 26.7. The van der Waals surface area contributed by atoms with Gasteiger partial charge in [0.1, 0.15) is 11.3 Å². The van der Waals surface area contributed by atoms with Gasteiger partial charge in [-0.05, 0) is 24.3 Å². The van der Waals surface area contributed by atoms with Crippen LogP contribution in [0.15, 0.2) is 36.4 Å². The fourth-order valence-electron chi connectivity index (χ4n) is 2.79. The number of nitrogen functional groups attached to an aromatic ring is 1. The first kappa shape index (κ1) is 20.2. The third-order valence-electron chi connectivity index (χ3n) is 4.42. The molecule has 0 aliphatic heterocycles. The molecule has 3 aromatic rings. The Balaban J connectivity index is 1.84. The number of carbonyl (C=O) groups excluding carboxylic acids is 1. The predicted molar refractivity (Wildman–Crippen MR) is 113 cm³/mol. The van der Waals surface area contributed by atoms with E-state index in [2.05, 4.69) is 26.8 Å². The Morgan fingerprint density at radius 1 is 1.21 bits per heavy atom. The molecule has 0 fully saturated rings. The minimum atomic E-state index is -0.124. The molecule has 2 heterocycles. The lowest BCUT2D eigenvalue weighted by Gasteiger charge is -2.13. The van der Waals surface area contributed by atoms with Crippen molar-refractivity contribution in [2.45, 2.75) is 19.8 Å². The largest absolute Gasteiger partial charge is 0.395 e. The number of hydrogen-bond donors (Lipinski definition) is 2. The van der Waals surface area contributed by atoms with Gasteiger partial charge in [-0.1, -0.05) is 30.9 Å². The van der Waals surface area contributed by atoms with Crippen molar-refractivity contribution in [3.63, 3.8) is 0 Å². The van der Waals surface area contributed by atoms with Gasteiger partial charge in [-0.3, -0.25) is 4.79 Å². The third kappa shape index (κ3) is 4.86. The van der Waals surface area contributed by atoms with E-state index < -0.39 is 0 Å². The van der Waals surface area contributed by atoms with Gasteiger partial charge in [0.05, 0.1) is 24.2 Å². The van der Waals surface area contributed by atoms with Crippen LogP contribution in [0.1, 0.15) is 24.7 Å². The Hall–Kier alpha value is -3.50. The van der Waals surface area contributed by atoms with Gasteiger partial charge in [-0.15, -0.1) is 0 Å². The van der Waals surface area contributed by atoms with Crippen LogP contribution in [-0.4, -0.2) is 51.1 Å². The van der Waals surface area contributed by atoms with E-state index >= 15 is 0 Å². The molecule has 3 N–H and O–H groups in total. The van der Waals surface area contributed by atoms with E-state index in [0.717, 1.165) is 22.3 Å². The zero-order valence-electron chi connectivity index (χ0n) is 16.5. The zero-order chi connectivity index (χ0) is 20.8. The van der Waals surface area contributed by atoms with Crippen molar-refractivity contribution < 1.29 is 9.90 Å². The molecule has 7 nitrogen and oxygen atoms in total. The normalized spacial score (nSPS) is 10.4. The van der Waals surface area contributed by atoms with Gasteiger partial charge >= 0.3 is 0 Å². The standard InChI is InChI=1S/C22H23N5O2/c1-3-19-24-18-11-10-17(25-21(18)22(23)26-19)16-8-4-6-15(14-16)7-5-9-20(29)27(2)12-13-28/h4,6,8,10-11,14,28H,3,9,12-13H2,1-2H3,(H2,23,24,26). The number of carbonyl (C=O) groups is 1. The van der Waals surface area contributed by atoms with Crippen LogP contribution in [0.5, 0.6) is 0 Å². The van der Waals surface area contributed by atoms with Gasteiger partial charge in [-0.25, -0.2) is 15.0 Å². The highest BCUT2D eigenvalue weighted by molar-refractivity contribution is 5.86. The Morgan fingerprint density at radius 3 is 2.79 bits per heavy atom. The van der Waals surface area contributed by atoms with E-state index in [1.54, 1.807) is 7.05 Å². The molecule has 1 amide bonds. The second-order valence-electron chi connectivity index (χ2n) is 6.54. The lowest BCUT2D eigenvalue weighted by Crippen LogP contribution is -2.28. The number of amides is 1. The molecule has 0 saturated heterocycles. The molecule has 148 valence electrons. The summed E-state index contributed by atoms with van der Waals surface area (Å²) >= 11 is 0. The second kappa shape index (κ2) is 9.13. The van der Waals surface area contributed by atoms with E-state index in [9.17, 15) is 4.79 Å². The number of aliphatic hydroxyl groups excluding tert-OH is 1. The number of likely N-dealkylation sites (N-methyl/N-ethyl adjacent to an activating group) is 1. The van der Waals surface area contributed by atoms with Crippen molar-refractivity contribution in [2.75, 3.05) is 25.9 Å². The molecule has 0 aliphatic rings. The van der Waals surface area contributed by atoms with Gasteiger partial charge in [0.15, 0.2) is 5.82 Å². The summed E-state index contributed by atoms with van der Waals surface area (Å²) in [5, 5.41) is 8.89. The highest BCUT2D eigenvalue weighted by Crippen LogP contribution is 2.23. The summed E-state index contributed by atoms with van der Waals surface area (Å²) in [6.45, 7) is 2.22. The van der Waals surface area contributed by atoms with Gasteiger partial charge in [0, 0.05) is 31.1 Å². The average molecular weight is 389 g/mol. The Bertz CT molecular complexity index is 1100. The number of benzene rings is 1. The molecule has 0 atom stereocenters. The van der Waals surface area contributed by atoms with Crippen LogP contribution in [-0.2, 0) is 11.2 Å². The van der Waals surface area contributed by atoms with E-state index in [4.69, 9.17) is 10.8 Å². The SMILES string of the molecule is CCc1nc(N)c2nc(-c3cccc(C#CCC(=O)N(C)CCO)c3)ccc2n1. The van der Waals surface area contributed by atoms with Crippen LogP contribution in [0.4, 0.5) is 5.82 Å². The molecule has 0 saturated carbocycles. The fraction of sp³-hybridized carbons (Fsp3) is 0.273. The number of rotatable bonds is 5. The predicted octanol–water partition coefficient (Wildman–Crippen LogP) is 2.03. The molecule has 0 bridgehead atoms. The number of aliphatic hydroxyl groups is 1. The number of aromatic nitrogens is 3. The molecule has 0 spiro atoms. The maximum atomic E-state index is 11.9. The highest BCUT2D eigenvalue weighted by Gasteiger charge is 2.09. The fourth-order valence-corrected chi connectivity index (χ4v) is 2.79. The second-order valence-corrected chi connectivity index (χ2v) is 6.54. The van der Waals surface area contributed by atoms with E-state index in [1.165, 1.54) is 4.90 Å². The minimum Gasteiger partial charge on any atom is -0.395 e. The summed E-state index contributed by atoms with van der Waals surface area (Å²) in [5.74, 6) is 6.84. The lowest BCUT2D eigenvalue weighted by molar-refractivity contribution is -0.129. The summed E-state index contributed by atoms with van der Waals surface area (Å²) < 4.78 is 0. The molecule has 1 aromatic carbocycles. The Labute approximate surface area is 169 Å². The monoisotopic (exact) mass is 389 g/mol. The van der Waals surface area contributed by atoms with E-state index in [-0.39, 0.29) is 18.9 Å². The molecular formula is C22H23N5O2. The van der Waals surface area contributed by atoms with Crippen molar-refractivity contribution in [1.82, 2.24) is 19.9 Å². The smallest absolute Gasteiger partial charge is 0.234 e. The van der Waals surface area contributed by atoms with Crippen molar-refractivity contribution in [1.29, 1.82) is 0 Å². The summed E-state index contributed by atoms with van der Waals surface area (Å²) in [5.41, 5.74) is 9.79. The molecule has 2 aromatic heterocycles. The van der Waals surface area contributed by atoms with Crippen molar-refractivity contribution in [2.24, 2.45) is 0 Å². The quantitative estimate of drug-likeness (QED) is 0.647.